The van der Waals surface area contributed by atoms with Gasteiger partial charge in [0.25, 0.3) is 5.56 Å². The molecule has 0 radical (unpaired) electrons. The van der Waals surface area contributed by atoms with Crippen molar-refractivity contribution in [3.63, 3.8) is 0 Å². The van der Waals surface area contributed by atoms with Crippen molar-refractivity contribution in [3.05, 3.63) is 111 Å². The van der Waals surface area contributed by atoms with Crippen LogP contribution in [0.5, 0.6) is 5.75 Å². The average molecular weight is 644 g/mol. The number of ether oxygens (including phenoxy) is 1. The number of halogens is 1. The van der Waals surface area contributed by atoms with Gasteiger partial charge in [0.2, 0.25) is 5.91 Å². The summed E-state index contributed by atoms with van der Waals surface area (Å²) >= 11 is 1.05. The quantitative estimate of drug-likeness (QED) is 0.186. The third-order valence-electron chi connectivity index (χ3n) is 7.30. The lowest BCUT2D eigenvalue weighted by molar-refractivity contribution is -0.116. The van der Waals surface area contributed by atoms with Gasteiger partial charge in [-0.15, -0.1) is 10.2 Å². The number of carbonyl (C=O) groups excluding carboxylic acids is 1. The van der Waals surface area contributed by atoms with Crippen molar-refractivity contribution in [1.29, 1.82) is 0 Å². The standard InChI is InChI=1S/C33H34FN7O4S/c1-21(2)17-18-39(28-29(35)40(32(44)36-31(28)43)19-22-9-5-4-6-10-22)27(42)20-46-33-38-37-30(23-13-15-24(45-3)16-14-23)41(33)26-12-8-7-11-25(26)34/h4-16,21H,17-20,35H2,1-3H3,(H,36,43,44). The summed E-state index contributed by atoms with van der Waals surface area (Å²) in [6.07, 6.45) is 0.570. The van der Waals surface area contributed by atoms with Gasteiger partial charge in [0.05, 0.1) is 25.1 Å². The van der Waals surface area contributed by atoms with E-state index >= 15 is 4.39 Å². The van der Waals surface area contributed by atoms with Crippen LogP contribution in [0.2, 0.25) is 0 Å². The number of nitrogens with two attached hydrogens (primary N) is 1. The molecule has 0 spiro atoms. The van der Waals surface area contributed by atoms with E-state index < -0.39 is 23.0 Å². The molecule has 0 aliphatic carbocycles. The summed E-state index contributed by atoms with van der Waals surface area (Å²) in [5.74, 6) is -0.0135. The summed E-state index contributed by atoms with van der Waals surface area (Å²) in [5.41, 5.74) is 6.58. The highest BCUT2D eigenvalue weighted by atomic mass is 32.2. The normalized spacial score (nSPS) is 11.2. The minimum atomic E-state index is -0.759. The van der Waals surface area contributed by atoms with Gasteiger partial charge in [-0.2, -0.15) is 0 Å². The predicted molar refractivity (Wildman–Crippen MR) is 177 cm³/mol. The van der Waals surface area contributed by atoms with Gasteiger partial charge in [0.15, 0.2) is 16.7 Å². The van der Waals surface area contributed by atoms with E-state index in [0.29, 0.717) is 23.6 Å². The molecule has 1 amide bonds. The Kier molecular flexibility index (Phi) is 10.0. The number of nitrogens with one attached hydrogen (secondary N) is 1. The van der Waals surface area contributed by atoms with E-state index in [1.54, 1.807) is 54.1 Å². The highest BCUT2D eigenvalue weighted by Gasteiger charge is 2.26. The molecule has 5 aromatic rings. The Bertz CT molecular complexity index is 1940. The molecule has 2 aromatic heterocycles. The number of anilines is 2. The zero-order chi connectivity index (χ0) is 32.8. The number of benzene rings is 3. The van der Waals surface area contributed by atoms with Crippen molar-refractivity contribution in [1.82, 2.24) is 24.3 Å². The van der Waals surface area contributed by atoms with Crippen LogP contribution in [0.1, 0.15) is 25.8 Å². The van der Waals surface area contributed by atoms with Crippen LogP contribution in [-0.2, 0) is 11.3 Å². The second kappa shape index (κ2) is 14.3. The molecule has 3 N–H and O–H groups in total. The van der Waals surface area contributed by atoms with Gasteiger partial charge in [0.1, 0.15) is 17.4 Å². The topological polar surface area (TPSA) is 141 Å². The zero-order valence-corrected chi connectivity index (χ0v) is 26.5. The maximum Gasteiger partial charge on any atom is 0.330 e. The number of para-hydroxylation sites is 1. The summed E-state index contributed by atoms with van der Waals surface area (Å²) in [6, 6.07) is 22.5. The molecule has 0 fully saturated rings. The number of amides is 1. The van der Waals surface area contributed by atoms with Crippen LogP contribution in [0.3, 0.4) is 0 Å². The molecule has 11 nitrogen and oxygen atoms in total. The Morgan fingerprint density at radius 2 is 1.72 bits per heavy atom. The maximum atomic E-state index is 15.1. The van der Waals surface area contributed by atoms with Crippen LogP contribution in [-0.4, -0.2) is 49.6 Å². The molecule has 13 heteroatoms. The molecule has 0 atom stereocenters. The maximum absolute atomic E-state index is 15.1. The lowest BCUT2D eigenvalue weighted by atomic mass is 10.1. The molecule has 0 unspecified atom stereocenters. The number of nitrogens with zero attached hydrogens (tertiary/aromatic N) is 5. The molecule has 0 bridgehead atoms. The van der Waals surface area contributed by atoms with Crippen LogP contribution in [0, 0.1) is 11.7 Å². The molecule has 0 saturated carbocycles. The van der Waals surface area contributed by atoms with Gasteiger partial charge < -0.3 is 15.4 Å². The summed E-state index contributed by atoms with van der Waals surface area (Å²) in [7, 11) is 1.56. The Hall–Kier alpha value is -5.17. The smallest absolute Gasteiger partial charge is 0.330 e. The SMILES string of the molecule is COc1ccc(-c2nnc(SCC(=O)N(CCC(C)C)c3c(N)n(Cc4ccccc4)c(=O)[nH]c3=O)n2-c2ccccc2F)cc1. The number of nitrogen functional groups attached to an aromatic ring is 1. The number of hydrogen-bond donors (Lipinski definition) is 2. The van der Waals surface area contributed by atoms with Crippen LogP contribution >= 0.6 is 11.8 Å². The number of carbonyl (C=O) groups is 1. The molecule has 46 heavy (non-hydrogen) atoms. The van der Waals surface area contributed by atoms with Crippen molar-refractivity contribution in [2.24, 2.45) is 5.92 Å². The minimum Gasteiger partial charge on any atom is -0.497 e. The van der Waals surface area contributed by atoms with E-state index in [0.717, 1.165) is 17.3 Å². The molecule has 0 aliphatic heterocycles. The molecule has 2 heterocycles. The summed E-state index contributed by atoms with van der Waals surface area (Å²) in [5, 5.41) is 8.91. The molecular formula is C33H34FN7O4S. The summed E-state index contributed by atoms with van der Waals surface area (Å²) < 4.78 is 23.2. The number of methoxy groups -OCH3 is 1. The van der Waals surface area contributed by atoms with E-state index in [4.69, 9.17) is 10.5 Å². The van der Waals surface area contributed by atoms with E-state index in [1.165, 1.54) is 15.5 Å². The second-order valence-corrected chi connectivity index (χ2v) is 11.8. The van der Waals surface area contributed by atoms with Gasteiger partial charge in [0, 0.05) is 12.1 Å². The van der Waals surface area contributed by atoms with Crippen LogP contribution < -0.4 is 26.6 Å². The van der Waals surface area contributed by atoms with Crippen LogP contribution in [0.4, 0.5) is 15.9 Å². The molecular weight excluding hydrogens is 609 g/mol. The fraction of sp³-hybridized carbons (Fsp3) is 0.242. The van der Waals surface area contributed by atoms with Gasteiger partial charge in [-0.1, -0.05) is 68.1 Å². The van der Waals surface area contributed by atoms with Crippen molar-refractivity contribution >= 4 is 29.2 Å². The van der Waals surface area contributed by atoms with E-state index in [-0.39, 0.29) is 47.1 Å². The van der Waals surface area contributed by atoms with Gasteiger partial charge in [-0.25, -0.2) is 9.18 Å². The molecule has 0 aliphatic rings. The highest BCUT2D eigenvalue weighted by molar-refractivity contribution is 7.99. The highest BCUT2D eigenvalue weighted by Crippen LogP contribution is 2.31. The van der Waals surface area contributed by atoms with Gasteiger partial charge in [-0.3, -0.25) is 23.7 Å². The first-order valence-corrected chi connectivity index (χ1v) is 15.6. The van der Waals surface area contributed by atoms with Crippen molar-refractivity contribution in [2.75, 3.05) is 30.0 Å². The molecule has 3 aromatic carbocycles. The van der Waals surface area contributed by atoms with Crippen molar-refractivity contribution in [3.8, 4) is 22.8 Å². The number of aromatic nitrogens is 5. The largest absolute Gasteiger partial charge is 0.497 e. The lowest BCUT2D eigenvalue weighted by Crippen LogP contribution is -2.42. The molecule has 238 valence electrons. The van der Waals surface area contributed by atoms with Crippen LogP contribution in [0.25, 0.3) is 17.1 Å². The van der Waals surface area contributed by atoms with E-state index in [2.05, 4.69) is 15.2 Å². The molecule has 0 saturated heterocycles. The van der Waals surface area contributed by atoms with Crippen molar-refractivity contribution < 1.29 is 13.9 Å². The Labute approximate surface area is 268 Å². The fourth-order valence-electron chi connectivity index (χ4n) is 4.85. The Balaban J connectivity index is 1.50. The van der Waals surface area contributed by atoms with E-state index in [9.17, 15) is 14.4 Å². The first kappa shape index (κ1) is 32.2. The number of aromatic amines is 1. The number of rotatable bonds is 12. The third-order valence-corrected chi connectivity index (χ3v) is 8.21. The zero-order valence-electron chi connectivity index (χ0n) is 25.6. The van der Waals surface area contributed by atoms with Gasteiger partial charge >= 0.3 is 5.69 Å². The Morgan fingerprint density at radius 1 is 1.02 bits per heavy atom. The van der Waals surface area contributed by atoms with Crippen molar-refractivity contribution in [2.45, 2.75) is 32.0 Å². The van der Waals surface area contributed by atoms with E-state index in [1.807, 2.05) is 44.2 Å². The fourth-order valence-corrected chi connectivity index (χ4v) is 5.68. The summed E-state index contributed by atoms with van der Waals surface area (Å²) in [4.78, 5) is 43.5. The number of hydrogen-bond acceptors (Lipinski definition) is 8. The second-order valence-electron chi connectivity index (χ2n) is 10.9. The van der Waals surface area contributed by atoms with Gasteiger partial charge in [-0.05, 0) is 54.3 Å². The summed E-state index contributed by atoms with van der Waals surface area (Å²) in [6.45, 7) is 4.29. The molecule has 5 rings (SSSR count). The number of thioether (sulfide) groups is 1. The first-order chi connectivity index (χ1) is 22.2. The average Bonchev–Trinajstić information content (AvgIpc) is 3.47. The monoisotopic (exact) mass is 643 g/mol. The van der Waals surface area contributed by atoms with Crippen LogP contribution in [0.15, 0.2) is 93.6 Å². The predicted octanol–water partition coefficient (Wildman–Crippen LogP) is 4.73. The minimum absolute atomic E-state index is 0.101. The lowest BCUT2D eigenvalue weighted by Gasteiger charge is -2.25. The third kappa shape index (κ3) is 7.04. The number of H-pyrrole nitrogens is 1. The Morgan fingerprint density at radius 3 is 2.39 bits per heavy atom. The first-order valence-electron chi connectivity index (χ1n) is 14.6.